The van der Waals surface area contributed by atoms with Crippen LogP contribution in [0, 0.1) is 0 Å². The van der Waals surface area contributed by atoms with Gasteiger partial charge < -0.3 is 21.1 Å². The summed E-state index contributed by atoms with van der Waals surface area (Å²) >= 11 is 0. The first-order chi connectivity index (χ1) is 6.79. The largest absolute Gasteiger partial charge is 0.370 e. The van der Waals surface area contributed by atoms with Gasteiger partial charge in [-0.1, -0.05) is 0 Å². The molecule has 82 valence electrons. The Morgan fingerprint density at radius 2 is 2.50 bits per heavy atom. The van der Waals surface area contributed by atoms with Gasteiger partial charge in [-0.15, -0.1) is 0 Å². The normalized spacial score (nSPS) is 21.3. The van der Waals surface area contributed by atoms with Crippen molar-refractivity contribution < 1.29 is 9.53 Å². The molecule has 5 nitrogen and oxygen atoms in total. The number of nitrogens with two attached hydrogens (primary N) is 1. The van der Waals surface area contributed by atoms with Gasteiger partial charge in [0, 0.05) is 19.1 Å². The molecule has 1 atom stereocenters. The highest BCUT2D eigenvalue weighted by atomic mass is 16.5. The molecule has 0 aromatic heterocycles. The van der Waals surface area contributed by atoms with Crippen LogP contribution in [-0.2, 0) is 9.53 Å². The second-order valence-electron chi connectivity index (χ2n) is 3.52. The van der Waals surface area contributed by atoms with Crippen molar-refractivity contribution in [1.29, 1.82) is 0 Å². The number of nitrogens with one attached hydrogen (secondary N) is 2. The summed E-state index contributed by atoms with van der Waals surface area (Å²) in [5.41, 5.74) is 4.91. The van der Waals surface area contributed by atoms with E-state index in [1.54, 1.807) is 0 Å². The molecule has 4 N–H and O–H groups in total. The molecule has 14 heavy (non-hydrogen) atoms. The molecule has 1 aliphatic rings. The Kier molecular flexibility index (Phi) is 5.51. The summed E-state index contributed by atoms with van der Waals surface area (Å²) in [5.74, 6) is -0.414. The van der Waals surface area contributed by atoms with Crippen molar-refractivity contribution >= 4 is 5.91 Å². The quantitative estimate of drug-likeness (QED) is 0.454. The lowest BCUT2D eigenvalue weighted by molar-refractivity contribution is -0.122. The summed E-state index contributed by atoms with van der Waals surface area (Å²) in [6, 6.07) is 0.603. The number of hydrogen-bond acceptors (Lipinski definition) is 4. The third kappa shape index (κ3) is 5.16. The summed E-state index contributed by atoms with van der Waals surface area (Å²) in [6.45, 7) is 3.43. The van der Waals surface area contributed by atoms with E-state index in [4.69, 9.17) is 10.5 Å². The molecular weight excluding hydrogens is 182 g/mol. The first kappa shape index (κ1) is 11.4. The average Bonchev–Trinajstić information content (AvgIpc) is 2.63. The number of primary amides is 1. The van der Waals surface area contributed by atoms with Gasteiger partial charge in [-0.3, -0.25) is 4.79 Å². The molecule has 5 heteroatoms. The molecule has 1 rings (SSSR count). The van der Waals surface area contributed by atoms with Crippen molar-refractivity contribution in [2.24, 2.45) is 5.73 Å². The predicted molar refractivity (Wildman–Crippen MR) is 53.9 cm³/mol. The lowest BCUT2D eigenvalue weighted by Gasteiger charge is -2.10. The summed E-state index contributed by atoms with van der Waals surface area (Å²) in [4.78, 5) is 10.3. The van der Waals surface area contributed by atoms with Crippen LogP contribution in [0.1, 0.15) is 12.8 Å². The lowest BCUT2D eigenvalue weighted by Crippen LogP contribution is -2.35. The van der Waals surface area contributed by atoms with Gasteiger partial charge in [0.15, 0.2) is 0 Å². The van der Waals surface area contributed by atoms with E-state index in [9.17, 15) is 4.79 Å². The number of amides is 1. The molecule has 1 aliphatic heterocycles. The summed E-state index contributed by atoms with van der Waals surface area (Å²) in [7, 11) is 0. The van der Waals surface area contributed by atoms with Gasteiger partial charge in [-0.2, -0.15) is 0 Å². The fraction of sp³-hybridized carbons (Fsp3) is 0.889. The maximum Gasteiger partial charge on any atom is 0.243 e. The van der Waals surface area contributed by atoms with Gasteiger partial charge >= 0.3 is 0 Å². The van der Waals surface area contributed by atoms with Crippen LogP contribution in [0.5, 0.6) is 0 Å². The Morgan fingerprint density at radius 1 is 1.64 bits per heavy atom. The van der Waals surface area contributed by atoms with Crippen LogP contribution >= 0.6 is 0 Å². The monoisotopic (exact) mass is 201 g/mol. The van der Waals surface area contributed by atoms with E-state index in [-0.39, 0.29) is 6.61 Å². The third-order valence-corrected chi connectivity index (χ3v) is 2.22. The molecule has 1 fully saturated rings. The highest BCUT2D eigenvalue weighted by Gasteiger charge is 2.12. The van der Waals surface area contributed by atoms with Crippen LogP contribution < -0.4 is 16.4 Å². The Morgan fingerprint density at radius 3 is 3.14 bits per heavy atom. The molecule has 0 spiro atoms. The molecule has 0 bridgehead atoms. The molecule has 1 saturated heterocycles. The van der Waals surface area contributed by atoms with Crippen LogP contribution in [0.4, 0.5) is 0 Å². The van der Waals surface area contributed by atoms with E-state index in [1.165, 1.54) is 12.8 Å². The topological polar surface area (TPSA) is 76.4 Å². The molecule has 0 radical (unpaired) electrons. The second-order valence-corrected chi connectivity index (χ2v) is 3.52. The van der Waals surface area contributed by atoms with E-state index in [0.717, 1.165) is 19.6 Å². The van der Waals surface area contributed by atoms with Crippen LogP contribution in [0.3, 0.4) is 0 Å². The molecule has 0 aromatic carbocycles. The van der Waals surface area contributed by atoms with Gasteiger partial charge in [-0.05, 0) is 19.4 Å². The summed E-state index contributed by atoms with van der Waals surface area (Å²) in [6.07, 6.45) is 2.51. The van der Waals surface area contributed by atoms with Gasteiger partial charge in [0.25, 0.3) is 0 Å². The Labute approximate surface area is 84.4 Å². The Bertz CT molecular complexity index is 169. The van der Waals surface area contributed by atoms with Crippen molar-refractivity contribution in [3.63, 3.8) is 0 Å². The molecule has 0 saturated carbocycles. The smallest absolute Gasteiger partial charge is 0.243 e. The van der Waals surface area contributed by atoms with Crippen molar-refractivity contribution in [3.8, 4) is 0 Å². The van der Waals surface area contributed by atoms with Crippen molar-refractivity contribution in [2.45, 2.75) is 18.9 Å². The fourth-order valence-corrected chi connectivity index (χ4v) is 1.52. The van der Waals surface area contributed by atoms with E-state index < -0.39 is 5.91 Å². The first-order valence-corrected chi connectivity index (χ1v) is 5.09. The summed E-state index contributed by atoms with van der Waals surface area (Å²) in [5, 5.41) is 6.65. The maximum absolute atomic E-state index is 10.3. The van der Waals surface area contributed by atoms with E-state index in [2.05, 4.69) is 10.6 Å². The third-order valence-electron chi connectivity index (χ3n) is 2.22. The minimum Gasteiger partial charge on any atom is -0.370 e. The molecule has 1 amide bonds. The van der Waals surface area contributed by atoms with Gasteiger partial charge in [0.1, 0.15) is 6.61 Å². The predicted octanol–water partition coefficient (Wildman–Crippen LogP) is -1.17. The SMILES string of the molecule is NC(=O)COCCNCC1CCCN1. The fourth-order valence-electron chi connectivity index (χ4n) is 1.52. The molecule has 1 heterocycles. The maximum atomic E-state index is 10.3. The number of carbonyl (C=O) groups excluding carboxylic acids is 1. The number of rotatable bonds is 7. The highest BCUT2D eigenvalue weighted by molar-refractivity contribution is 5.74. The van der Waals surface area contributed by atoms with Crippen LogP contribution in [-0.4, -0.2) is 44.8 Å². The molecule has 0 aromatic rings. The standard InChI is InChI=1S/C9H19N3O2/c10-9(13)7-14-5-4-11-6-8-2-1-3-12-8/h8,11-12H,1-7H2,(H2,10,13). The van der Waals surface area contributed by atoms with Gasteiger partial charge in [0.2, 0.25) is 5.91 Å². The zero-order valence-corrected chi connectivity index (χ0v) is 8.42. The minimum atomic E-state index is -0.414. The van der Waals surface area contributed by atoms with Crippen molar-refractivity contribution in [1.82, 2.24) is 10.6 Å². The van der Waals surface area contributed by atoms with Gasteiger partial charge in [0.05, 0.1) is 6.61 Å². The summed E-state index contributed by atoms with van der Waals surface area (Å²) < 4.78 is 5.00. The van der Waals surface area contributed by atoms with Crippen LogP contribution in [0.15, 0.2) is 0 Å². The number of hydrogen-bond donors (Lipinski definition) is 3. The van der Waals surface area contributed by atoms with Crippen LogP contribution in [0.2, 0.25) is 0 Å². The van der Waals surface area contributed by atoms with Gasteiger partial charge in [-0.25, -0.2) is 0 Å². The second kappa shape index (κ2) is 6.75. The van der Waals surface area contributed by atoms with E-state index in [1.807, 2.05) is 0 Å². The Hall–Kier alpha value is -0.650. The first-order valence-electron chi connectivity index (χ1n) is 5.09. The molecular formula is C9H19N3O2. The average molecular weight is 201 g/mol. The minimum absolute atomic E-state index is 0.0172. The zero-order chi connectivity index (χ0) is 10.2. The van der Waals surface area contributed by atoms with E-state index in [0.29, 0.717) is 12.6 Å². The number of ether oxygens (including phenoxy) is 1. The van der Waals surface area contributed by atoms with Crippen molar-refractivity contribution in [3.05, 3.63) is 0 Å². The van der Waals surface area contributed by atoms with Crippen molar-refractivity contribution in [2.75, 3.05) is 32.8 Å². The number of carbonyl (C=O) groups is 1. The van der Waals surface area contributed by atoms with Crippen LogP contribution in [0.25, 0.3) is 0 Å². The molecule has 0 aliphatic carbocycles. The molecule has 1 unspecified atom stereocenters. The van der Waals surface area contributed by atoms with E-state index >= 15 is 0 Å². The zero-order valence-electron chi connectivity index (χ0n) is 8.42. The highest BCUT2D eigenvalue weighted by Crippen LogP contribution is 2.02. The lowest BCUT2D eigenvalue weighted by atomic mass is 10.2. The Balaban J connectivity index is 1.82.